The van der Waals surface area contributed by atoms with Crippen molar-refractivity contribution in [2.75, 3.05) is 31.7 Å². The Kier molecular flexibility index (Phi) is 9.58. The van der Waals surface area contributed by atoms with Gasteiger partial charge in [-0.25, -0.2) is 18.6 Å². The van der Waals surface area contributed by atoms with E-state index in [4.69, 9.17) is 29.0 Å². The van der Waals surface area contributed by atoms with E-state index in [1.165, 1.54) is 13.2 Å². The molecule has 264 valence electrons. The van der Waals surface area contributed by atoms with Crippen molar-refractivity contribution < 1.29 is 32.5 Å². The fourth-order valence-electron chi connectivity index (χ4n) is 6.71. The lowest BCUT2D eigenvalue weighted by atomic mass is 9.86. The van der Waals surface area contributed by atoms with E-state index in [0.29, 0.717) is 72.1 Å². The van der Waals surface area contributed by atoms with Crippen LogP contribution in [0.1, 0.15) is 64.8 Å². The number of ether oxygens (including phenoxy) is 4. The highest BCUT2D eigenvalue weighted by Gasteiger charge is 2.40. The summed E-state index contributed by atoms with van der Waals surface area (Å²) in [6.45, 7) is 16.6. The van der Waals surface area contributed by atoms with Crippen molar-refractivity contribution in [1.29, 1.82) is 0 Å². The van der Waals surface area contributed by atoms with Crippen molar-refractivity contribution in [3.05, 3.63) is 89.7 Å². The number of aryl methyl sites for hydroxylation is 1. The number of methoxy groups -OCH3 is 1. The van der Waals surface area contributed by atoms with E-state index < -0.39 is 41.0 Å². The maximum absolute atomic E-state index is 15.6. The first-order valence-corrected chi connectivity index (χ1v) is 16.8. The zero-order chi connectivity index (χ0) is 36.0. The Hall–Kier alpha value is -4.61. The van der Waals surface area contributed by atoms with Gasteiger partial charge in [0.15, 0.2) is 11.8 Å². The van der Waals surface area contributed by atoms with E-state index >= 15 is 4.39 Å². The minimum atomic E-state index is -1.10. The molecule has 0 saturated carbocycles. The lowest BCUT2D eigenvalue weighted by molar-refractivity contribution is -0.164. The Morgan fingerprint density at radius 3 is 2.68 bits per heavy atom. The number of rotatable bonds is 6. The van der Waals surface area contributed by atoms with Crippen molar-refractivity contribution in [3.8, 4) is 28.1 Å². The lowest BCUT2D eigenvalue weighted by Gasteiger charge is -2.43. The third-order valence-electron chi connectivity index (χ3n) is 9.16. The number of carbonyl (C=O) groups is 1. The smallest absolute Gasteiger partial charge is 0.339 e. The summed E-state index contributed by atoms with van der Waals surface area (Å²) in [5.41, 5.74) is 3.23. The molecule has 2 aliphatic rings. The summed E-state index contributed by atoms with van der Waals surface area (Å²) in [4.78, 5) is 20.6. The van der Waals surface area contributed by atoms with Gasteiger partial charge < -0.3 is 23.8 Å². The molecule has 3 atom stereocenters. The van der Waals surface area contributed by atoms with Crippen LogP contribution in [0.15, 0.2) is 66.8 Å². The normalized spacial score (nSPS) is 20.9. The summed E-state index contributed by atoms with van der Waals surface area (Å²) in [5, 5.41) is 5.06. The summed E-state index contributed by atoms with van der Waals surface area (Å²) in [5.74, 6) is -1.25. The summed E-state index contributed by atoms with van der Waals surface area (Å²) in [7, 11) is 1.34. The molecule has 1 saturated heterocycles. The molecule has 6 rings (SSSR count). The Bertz CT molecular complexity index is 1980. The molecule has 0 radical (unpaired) electrons. The van der Waals surface area contributed by atoms with Crippen molar-refractivity contribution in [2.45, 2.75) is 77.8 Å². The number of piperidine rings is 1. The monoisotopic (exact) mass is 686 g/mol. The highest BCUT2D eigenvalue weighted by atomic mass is 19.1. The largest absolute Gasteiger partial charge is 0.490 e. The molecule has 4 heterocycles. The number of hydrogen-bond donors (Lipinski definition) is 0. The van der Waals surface area contributed by atoms with E-state index in [0.717, 1.165) is 11.6 Å². The van der Waals surface area contributed by atoms with Gasteiger partial charge in [0.2, 0.25) is 0 Å². The summed E-state index contributed by atoms with van der Waals surface area (Å²) < 4.78 is 56.3. The molecule has 0 aliphatic carbocycles. The highest BCUT2D eigenvalue weighted by Crippen LogP contribution is 2.42. The molecule has 1 unspecified atom stereocenters. The first-order chi connectivity index (χ1) is 23.7. The van der Waals surface area contributed by atoms with Crippen LogP contribution in [0, 0.1) is 18.6 Å². The van der Waals surface area contributed by atoms with Gasteiger partial charge >= 0.3 is 5.97 Å². The van der Waals surface area contributed by atoms with Crippen LogP contribution in [-0.4, -0.2) is 64.7 Å². The molecular formula is C39H44F2N4O5. The SMILES string of the molecule is C=CCOC1(C)CCN2C/C1=C\C[C@H](C)Oc1cc(F)cc(F)c1-c1cccc(c1)-c1cc3nc(C)c([C@H](OC(C)(C)C)C(=O)OC)c2n3n1. The number of hydrogen-bond acceptors (Lipinski definition) is 8. The Labute approximate surface area is 291 Å². The van der Waals surface area contributed by atoms with E-state index in [1.54, 1.807) is 28.8 Å². The Morgan fingerprint density at radius 2 is 1.96 bits per heavy atom. The van der Waals surface area contributed by atoms with Gasteiger partial charge in [0.25, 0.3) is 0 Å². The second-order valence-corrected chi connectivity index (χ2v) is 14.1. The molecule has 4 aromatic rings. The zero-order valence-corrected chi connectivity index (χ0v) is 29.7. The molecule has 9 nitrogen and oxygen atoms in total. The minimum Gasteiger partial charge on any atom is -0.490 e. The van der Waals surface area contributed by atoms with Gasteiger partial charge in [-0.15, -0.1) is 6.58 Å². The van der Waals surface area contributed by atoms with Crippen molar-refractivity contribution in [2.24, 2.45) is 0 Å². The first kappa shape index (κ1) is 35.2. The van der Waals surface area contributed by atoms with Gasteiger partial charge in [-0.2, -0.15) is 9.61 Å². The standard InChI is InChI=1S/C39H44F2N4O5/c1-9-17-48-39(7)15-16-44-22-27(39)14-13-23(2)49-31-20-28(40)19-29(41)34(31)26-12-10-11-25(18-26)30-21-32-42-24(3)33(36(44)45(32)43-30)35(37(46)47-8)50-38(4,5)6/h9-12,14,18-21,23,35H,1,13,15-17,22H2,2-8H3/b27-14+/t23-,35-,39?/m0/s1. The number of esters is 1. The molecule has 6 bridgehead atoms. The number of aromatic nitrogens is 3. The van der Waals surface area contributed by atoms with Crippen LogP contribution in [0.4, 0.5) is 14.6 Å². The van der Waals surface area contributed by atoms with E-state index in [9.17, 15) is 9.18 Å². The molecule has 0 N–H and O–H groups in total. The average molecular weight is 687 g/mol. The number of halogens is 2. The number of fused-ring (bicyclic) bond motifs is 9. The van der Waals surface area contributed by atoms with Crippen LogP contribution in [0.25, 0.3) is 28.0 Å². The maximum Gasteiger partial charge on any atom is 0.339 e. The maximum atomic E-state index is 15.6. The van der Waals surface area contributed by atoms with Crippen LogP contribution < -0.4 is 9.64 Å². The quantitative estimate of drug-likeness (QED) is 0.149. The van der Waals surface area contributed by atoms with Crippen LogP contribution in [0.3, 0.4) is 0 Å². The molecule has 1 fully saturated rings. The van der Waals surface area contributed by atoms with Crippen LogP contribution in [0.2, 0.25) is 0 Å². The topological polar surface area (TPSA) is 87.4 Å². The second kappa shape index (κ2) is 13.6. The van der Waals surface area contributed by atoms with Crippen molar-refractivity contribution >= 4 is 17.4 Å². The van der Waals surface area contributed by atoms with E-state index in [2.05, 4.69) is 24.5 Å². The molecule has 2 aromatic carbocycles. The Balaban J connectivity index is 1.65. The number of nitrogens with zero attached hydrogens (tertiary/aromatic N) is 4. The zero-order valence-electron chi connectivity index (χ0n) is 29.7. The molecule has 0 amide bonds. The average Bonchev–Trinajstić information content (AvgIpc) is 3.48. The van der Waals surface area contributed by atoms with Gasteiger partial charge in [0.05, 0.1) is 47.8 Å². The predicted octanol–water partition coefficient (Wildman–Crippen LogP) is 7.95. The molecule has 0 spiro atoms. The fraction of sp³-hybridized carbons (Fsp3) is 0.410. The van der Waals surface area contributed by atoms with Crippen LogP contribution in [0.5, 0.6) is 5.75 Å². The van der Waals surface area contributed by atoms with Crippen molar-refractivity contribution in [3.63, 3.8) is 0 Å². The predicted molar refractivity (Wildman–Crippen MR) is 188 cm³/mol. The highest BCUT2D eigenvalue weighted by molar-refractivity contribution is 5.81. The summed E-state index contributed by atoms with van der Waals surface area (Å²) in [6, 6.07) is 11.2. The summed E-state index contributed by atoms with van der Waals surface area (Å²) >= 11 is 0. The molecule has 50 heavy (non-hydrogen) atoms. The van der Waals surface area contributed by atoms with Crippen molar-refractivity contribution in [1.82, 2.24) is 14.6 Å². The van der Waals surface area contributed by atoms with Gasteiger partial charge in [0, 0.05) is 49.0 Å². The summed E-state index contributed by atoms with van der Waals surface area (Å²) in [6.07, 6.45) is 3.28. The molecule has 2 aliphatic heterocycles. The van der Waals surface area contributed by atoms with Gasteiger partial charge in [-0.05, 0) is 65.2 Å². The molecule has 11 heteroatoms. The third kappa shape index (κ3) is 6.89. The van der Waals surface area contributed by atoms with Crippen LogP contribution in [-0.2, 0) is 19.0 Å². The number of benzene rings is 2. The third-order valence-corrected chi connectivity index (χ3v) is 9.16. The first-order valence-electron chi connectivity index (χ1n) is 16.8. The van der Waals surface area contributed by atoms with Gasteiger partial charge in [0.1, 0.15) is 23.2 Å². The Morgan fingerprint density at radius 1 is 1.20 bits per heavy atom. The van der Waals surface area contributed by atoms with E-state index in [-0.39, 0.29) is 11.3 Å². The van der Waals surface area contributed by atoms with Gasteiger partial charge in [-0.1, -0.05) is 30.4 Å². The molecular weight excluding hydrogens is 642 g/mol. The minimum absolute atomic E-state index is 0.112. The fourth-order valence-corrected chi connectivity index (χ4v) is 6.71. The van der Waals surface area contributed by atoms with Crippen LogP contribution >= 0.6 is 0 Å². The van der Waals surface area contributed by atoms with Gasteiger partial charge in [-0.3, -0.25) is 0 Å². The lowest BCUT2D eigenvalue weighted by Crippen LogP contribution is -2.48. The van der Waals surface area contributed by atoms with E-state index in [1.807, 2.05) is 46.8 Å². The number of anilines is 1. The second-order valence-electron chi connectivity index (χ2n) is 14.1. The molecule has 2 aromatic heterocycles. The number of carbonyl (C=O) groups excluding carboxylic acids is 1.